The third-order valence-electron chi connectivity index (χ3n) is 3.22. The second-order valence-corrected chi connectivity index (χ2v) is 5.19. The van der Waals surface area contributed by atoms with E-state index in [0.29, 0.717) is 11.0 Å². The van der Waals surface area contributed by atoms with E-state index in [9.17, 15) is 26.7 Å². The van der Waals surface area contributed by atoms with Crippen molar-refractivity contribution < 1.29 is 31.9 Å². The number of carbonyl (C=O) groups excluding carboxylic acids is 1. The number of nitrogens with zero attached hydrogens (tertiary/aromatic N) is 1. The number of aliphatic hydroxyl groups excluding tert-OH is 1. The van der Waals surface area contributed by atoms with E-state index in [1.54, 1.807) is 6.92 Å². The second-order valence-electron chi connectivity index (χ2n) is 5.19. The number of carbonyl (C=O) groups is 1. The number of urea groups is 1. The molecule has 0 aliphatic carbocycles. The average molecular weight is 340 g/mol. The van der Waals surface area contributed by atoms with E-state index in [2.05, 4.69) is 5.32 Å². The summed E-state index contributed by atoms with van der Waals surface area (Å²) in [7, 11) is 1.09. The molecule has 0 aliphatic heterocycles. The minimum atomic E-state index is -4.82. The topological polar surface area (TPSA) is 52.6 Å². The first-order chi connectivity index (χ1) is 10.5. The molecular weight excluding hydrogens is 323 g/mol. The lowest BCUT2D eigenvalue weighted by Crippen LogP contribution is -2.46. The molecule has 0 aliphatic rings. The number of alkyl halides is 3. The zero-order chi connectivity index (χ0) is 17.8. The fourth-order valence-corrected chi connectivity index (χ4v) is 1.83. The normalized spacial score (nSPS) is 14.3. The Balaban J connectivity index is 2.55. The molecule has 0 aromatic heterocycles. The Hall–Kier alpha value is -1.90. The van der Waals surface area contributed by atoms with Gasteiger partial charge in [-0.2, -0.15) is 13.2 Å². The lowest BCUT2D eigenvalue weighted by Gasteiger charge is -2.23. The molecule has 2 amide bonds. The number of aliphatic hydroxyl groups is 1. The van der Waals surface area contributed by atoms with Gasteiger partial charge >= 0.3 is 12.2 Å². The molecule has 0 bridgehead atoms. The maximum atomic E-state index is 13.6. The van der Waals surface area contributed by atoms with Gasteiger partial charge in [-0.15, -0.1) is 0 Å². The monoisotopic (exact) mass is 340 g/mol. The van der Waals surface area contributed by atoms with Gasteiger partial charge in [0, 0.05) is 25.6 Å². The first-order valence-electron chi connectivity index (χ1n) is 6.71. The van der Waals surface area contributed by atoms with Gasteiger partial charge in [0.15, 0.2) is 6.10 Å². The number of halogens is 5. The molecule has 0 saturated carbocycles. The molecule has 0 heterocycles. The summed E-state index contributed by atoms with van der Waals surface area (Å²) in [5.41, 5.74) is 0.171. The summed E-state index contributed by atoms with van der Waals surface area (Å²) in [6.45, 7) is 0.587. The van der Waals surface area contributed by atoms with Gasteiger partial charge in [0.05, 0.1) is 6.54 Å². The van der Waals surface area contributed by atoms with E-state index in [0.717, 1.165) is 13.1 Å². The maximum absolute atomic E-state index is 13.6. The highest BCUT2D eigenvalue weighted by Crippen LogP contribution is 2.21. The molecule has 4 nitrogen and oxygen atoms in total. The molecule has 1 aromatic rings. The number of hydrogen-bond acceptors (Lipinski definition) is 2. The van der Waals surface area contributed by atoms with Gasteiger partial charge < -0.3 is 15.3 Å². The first kappa shape index (κ1) is 19.1. The van der Waals surface area contributed by atoms with Gasteiger partial charge in [0.1, 0.15) is 11.6 Å². The molecule has 23 heavy (non-hydrogen) atoms. The predicted molar refractivity (Wildman–Crippen MR) is 72.9 cm³/mol. The van der Waals surface area contributed by atoms with Gasteiger partial charge in [-0.1, -0.05) is 13.0 Å². The lowest BCUT2D eigenvalue weighted by atomic mass is 10.0. The van der Waals surface area contributed by atoms with Crippen LogP contribution in [0.25, 0.3) is 0 Å². The zero-order valence-corrected chi connectivity index (χ0v) is 12.5. The van der Waals surface area contributed by atoms with E-state index in [4.69, 9.17) is 5.11 Å². The van der Waals surface area contributed by atoms with Crippen LogP contribution in [-0.4, -0.2) is 48.5 Å². The fraction of sp³-hybridized carbons (Fsp3) is 0.500. The third-order valence-corrected chi connectivity index (χ3v) is 3.22. The van der Waals surface area contributed by atoms with E-state index in [1.165, 1.54) is 6.07 Å². The summed E-state index contributed by atoms with van der Waals surface area (Å²) in [6.07, 6.45) is -7.47. The molecular formula is C14H17F5N2O2. The van der Waals surface area contributed by atoms with Crippen LogP contribution in [-0.2, 0) is 0 Å². The van der Waals surface area contributed by atoms with E-state index < -0.39 is 42.4 Å². The summed E-state index contributed by atoms with van der Waals surface area (Å²) in [5, 5.41) is 11.2. The molecule has 0 fully saturated rings. The van der Waals surface area contributed by atoms with Crippen molar-refractivity contribution in [1.82, 2.24) is 10.2 Å². The first-order valence-corrected chi connectivity index (χ1v) is 6.71. The van der Waals surface area contributed by atoms with Crippen molar-refractivity contribution in [1.29, 1.82) is 0 Å². The van der Waals surface area contributed by atoms with Gasteiger partial charge in [-0.05, 0) is 11.6 Å². The lowest BCUT2D eigenvalue weighted by molar-refractivity contribution is -0.205. The Bertz CT molecular complexity index is 550. The van der Waals surface area contributed by atoms with Gasteiger partial charge in [-0.25, -0.2) is 13.6 Å². The minimum Gasteiger partial charge on any atom is -0.382 e. The Labute approximate surface area is 129 Å². The molecule has 1 rings (SSSR count). The van der Waals surface area contributed by atoms with Crippen molar-refractivity contribution in [3.63, 3.8) is 0 Å². The molecule has 2 N–H and O–H groups in total. The third kappa shape index (κ3) is 5.66. The SMILES string of the molecule is C[C@@H](CNC(=O)N(C)C[C@@H](O)C(F)(F)F)c1ccc(F)cc1F. The summed E-state index contributed by atoms with van der Waals surface area (Å²) in [4.78, 5) is 12.3. The molecule has 9 heteroatoms. The van der Waals surface area contributed by atoms with Crippen LogP contribution in [0.4, 0.5) is 26.7 Å². The maximum Gasteiger partial charge on any atom is 0.416 e. The smallest absolute Gasteiger partial charge is 0.382 e. The van der Waals surface area contributed by atoms with Crippen LogP contribution in [0.3, 0.4) is 0 Å². The molecule has 130 valence electrons. The Kier molecular flexibility index (Phi) is 6.31. The Morgan fingerprint density at radius 3 is 2.48 bits per heavy atom. The summed E-state index contributed by atoms with van der Waals surface area (Å²) in [6, 6.07) is 2.17. The number of nitrogens with one attached hydrogen (secondary N) is 1. The van der Waals surface area contributed by atoms with Crippen molar-refractivity contribution in [3.8, 4) is 0 Å². The molecule has 0 saturated heterocycles. The predicted octanol–water partition coefficient (Wildman–Crippen LogP) is 2.63. The number of likely N-dealkylation sites (N-methyl/N-ethyl adjacent to an activating group) is 1. The molecule has 0 radical (unpaired) electrons. The highest BCUT2D eigenvalue weighted by molar-refractivity contribution is 5.73. The van der Waals surface area contributed by atoms with Crippen molar-refractivity contribution in [2.24, 2.45) is 0 Å². The number of hydrogen-bond donors (Lipinski definition) is 2. The van der Waals surface area contributed by atoms with Crippen LogP contribution < -0.4 is 5.32 Å². The van der Waals surface area contributed by atoms with Gasteiger partial charge in [-0.3, -0.25) is 0 Å². The van der Waals surface area contributed by atoms with Crippen molar-refractivity contribution in [3.05, 3.63) is 35.4 Å². The fourth-order valence-electron chi connectivity index (χ4n) is 1.83. The number of benzene rings is 1. The van der Waals surface area contributed by atoms with Crippen LogP contribution in [0.2, 0.25) is 0 Å². The van der Waals surface area contributed by atoms with Crippen LogP contribution >= 0.6 is 0 Å². The van der Waals surface area contributed by atoms with Gasteiger partial charge in [0.25, 0.3) is 0 Å². The van der Waals surface area contributed by atoms with E-state index >= 15 is 0 Å². The summed E-state index contributed by atoms with van der Waals surface area (Å²) >= 11 is 0. The molecule has 0 spiro atoms. The van der Waals surface area contributed by atoms with E-state index in [1.807, 2.05) is 0 Å². The van der Waals surface area contributed by atoms with Crippen LogP contribution in [0.5, 0.6) is 0 Å². The van der Waals surface area contributed by atoms with Crippen LogP contribution in [0.15, 0.2) is 18.2 Å². The molecule has 1 aromatic carbocycles. The summed E-state index contributed by atoms with van der Waals surface area (Å²) < 4.78 is 63.0. The quantitative estimate of drug-likeness (QED) is 0.810. The zero-order valence-electron chi connectivity index (χ0n) is 12.5. The second kappa shape index (κ2) is 7.58. The number of rotatable bonds is 5. The summed E-state index contributed by atoms with van der Waals surface area (Å²) in [5.74, 6) is -2.02. The highest BCUT2D eigenvalue weighted by atomic mass is 19.4. The minimum absolute atomic E-state index is 0.0617. The van der Waals surface area contributed by atoms with E-state index in [-0.39, 0.29) is 12.1 Å². The molecule has 0 unspecified atom stereocenters. The average Bonchev–Trinajstić information content (AvgIpc) is 2.43. The van der Waals surface area contributed by atoms with Crippen molar-refractivity contribution >= 4 is 6.03 Å². The van der Waals surface area contributed by atoms with Crippen molar-refractivity contribution in [2.75, 3.05) is 20.1 Å². The van der Waals surface area contributed by atoms with Crippen LogP contribution in [0, 0.1) is 11.6 Å². The van der Waals surface area contributed by atoms with Crippen LogP contribution in [0.1, 0.15) is 18.4 Å². The largest absolute Gasteiger partial charge is 0.416 e. The highest BCUT2D eigenvalue weighted by Gasteiger charge is 2.39. The Morgan fingerprint density at radius 2 is 1.96 bits per heavy atom. The van der Waals surface area contributed by atoms with Gasteiger partial charge in [0.2, 0.25) is 0 Å². The van der Waals surface area contributed by atoms with Crippen molar-refractivity contribution in [2.45, 2.75) is 25.1 Å². The molecule has 2 atom stereocenters. The standard InChI is InChI=1S/C14H17F5N2O2/c1-8(10-4-3-9(15)5-11(10)16)6-20-13(23)21(2)7-12(22)14(17,18)19/h3-5,8,12,22H,6-7H2,1-2H3,(H,20,23)/t8-,12+/m0/s1. The number of amides is 2. The Morgan fingerprint density at radius 1 is 1.35 bits per heavy atom.